The topological polar surface area (TPSA) is 65.7 Å². The molecule has 2 saturated carbocycles. The zero-order chi connectivity index (χ0) is 25.4. The molecule has 5 rings (SSSR count). The summed E-state index contributed by atoms with van der Waals surface area (Å²) < 4.78 is 17.5. The van der Waals surface area contributed by atoms with Crippen LogP contribution < -0.4 is 0 Å². The predicted octanol–water partition coefficient (Wildman–Crippen LogP) is 6.65. The van der Waals surface area contributed by atoms with Gasteiger partial charge in [-0.25, -0.2) is 4.79 Å². The van der Waals surface area contributed by atoms with E-state index in [0.29, 0.717) is 24.7 Å². The third-order valence-corrected chi connectivity index (χ3v) is 11.5. The maximum absolute atomic E-state index is 13.8. The van der Waals surface area contributed by atoms with E-state index in [0.717, 1.165) is 32.1 Å². The maximum atomic E-state index is 13.8. The van der Waals surface area contributed by atoms with Gasteiger partial charge in [0.2, 0.25) is 5.60 Å². The molecule has 192 valence electrons. The van der Waals surface area contributed by atoms with Crippen molar-refractivity contribution in [1.82, 2.24) is 0 Å². The number of rotatable bonds is 5. The molecule has 35 heavy (non-hydrogen) atoms. The molecule has 1 aliphatic heterocycles. The van der Waals surface area contributed by atoms with Crippen LogP contribution in [0, 0.1) is 33.5 Å². The average molecular weight is 483 g/mol. The second kappa shape index (κ2) is 7.73. The highest BCUT2D eigenvalue weighted by molar-refractivity contribution is 5.93. The Kier molecular flexibility index (Phi) is 5.44. The van der Waals surface area contributed by atoms with E-state index < -0.39 is 16.4 Å². The molecule has 5 nitrogen and oxygen atoms in total. The van der Waals surface area contributed by atoms with Crippen molar-refractivity contribution in [2.24, 2.45) is 33.5 Å². The zero-order valence-electron chi connectivity index (χ0n) is 22.5. The van der Waals surface area contributed by atoms with E-state index in [1.807, 2.05) is 27.0 Å². The molecule has 1 aromatic rings. The summed E-state index contributed by atoms with van der Waals surface area (Å²) in [5.74, 6) is 0.313. The lowest BCUT2D eigenvalue weighted by Gasteiger charge is -2.59. The number of fused-ring (bicyclic) bond motifs is 3. The Morgan fingerprint density at radius 2 is 1.86 bits per heavy atom. The molecule has 4 aliphatic rings. The van der Waals surface area contributed by atoms with Gasteiger partial charge in [0.05, 0.1) is 17.9 Å². The number of carbonyl (C=O) groups is 2. The Balaban J connectivity index is 1.36. The highest BCUT2D eigenvalue weighted by atomic mass is 16.6. The largest absolute Gasteiger partial charge is 0.472 e. The van der Waals surface area contributed by atoms with Gasteiger partial charge >= 0.3 is 11.9 Å². The number of carbonyl (C=O) groups excluding carboxylic acids is 2. The third-order valence-electron chi connectivity index (χ3n) is 11.5. The van der Waals surface area contributed by atoms with Gasteiger partial charge in [0.25, 0.3) is 0 Å². The Labute approximate surface area is 210 Å². The average Bonchev–Trinajstić information content (AvgIpc) is 3.40. The molecule has 0 aromatic carbocycles. The van der Waals surface area contributed by atoms with Crippen LogP contribution in [0.25, 0.3) is 0 Å². The first-order chi connectivity index (χ1) is 16.3. The summed E-state index contributed by atoms with van der Waals surface area (Å²) in [6, 6.07) is 2.06. The van der Waals surface area contributed by atoms with E-state index in [4.69, 9.17) is 13.9 Å². The Hall–Kier alpha value is -2.04. The molecule has 2 heterocycles. The second-order valence-corrected chi connectivity index (χ2v) is 13.4. The van der Waals surface area contributed by atoms with E-state index in [1.165, 1.54) is 11.1 Å². The molecule has 1 aromatic heterocycles. The zero-order valence-corrected chi connectivity index (χ0v) is 22.5. The predicted molar refractivity (Wildman–Crippen MR) is 133 cm³/mol. The SMILES string of the molecule is CC1=CC[C@@H]2C(C)(C)[C@H](OC(=O)[C@@]34CC[C@@](C)(C(=O)O3)C4(C)C)CC[C@@]2(C)[C@@H]1CCc1ccoc1. The second-order valence-electron chi connectivity index (χ2n) is 13.4. The maximum Gasteiger partial charge on any atom is 0.351 e. The minimum Gasteiger partial charge on any atom is -0.472 e. The van der Waals surface area contributed by atoms with Crippen molar-refractivity contribution in [3.05, 3.63) is 35.8 Å². The number of furan rings is 1. The van der Waals surface area contributed by atoms with Gasteiger partial charge in [0.1, 0.15) is 6.10 Å². The molecular formula is C30H42O5. The van der Waals surface area contributed by atoms with Gasteiger partial charge in [-0.05, 0) is 87.7 Å². The van der Waals surface area contributed by atoms with Gasteiger partial charge in [-0.15, -0.1) is 0 Å². The molecule has 2 bridgehead atoms. The molecule has 0 radical (unpaired) electrons. The number of ether oxygens (including phenoxy) is 2. The summed E-state index contributed by atoms with van der Waals surface area (Å²) in [7, 11) is 0. The summed E-state index contributed by atoms with van der Waals surface area (Å²) in [6.07, 6.45) is 12.0. The van der Waals surface area contributed by atoms with Crippen LogP contribution in [-0.2, 0) is 25.5 Å². The van der Waals surface area contributed by atoms with Crippen molar-refractivity contribution in [2.45, 2.75) is 105 Å². The first kappa shape index (κ1) is 24.6. The van der Waals surface area contributed by atoms with Gasteiger partial charge < -0.3 is 13.9 Å². The van der Waals surface area contributed by atoms with Gasteiger partial charge in [0, 0.05) is 10.8 Å². The Morgan fingerprint density at radius 3 is 2.46 bits per heavy atom. The lowest BCUT2D eigenvalue weighted by atomic mass is 9.47. The molecule has 3 fully saturated rings. The quantitative estimate of drug-likeness (QED) is 0.347. The highest BCUT2D eigenvalue weighted by Crippen LogP contribution is 2.67. The van der Waals surface area contributed by atoms with Crippen molar-refractivity contribution < 1.29 is 23.5 Å². The van der Waals surface area contributed by atoms with Crippen molar-refractivity contribution in [1.29, 1.82) is 0 Å². The van der Waals surface area contributed by atoms with Crippen LogP contribution in [0.2, 0.25) is 0 Å². The van der Waals surface area contributed by atoms with Crippen LogP contribution in [0.4, 0.5) is 0 Å². The van der Waals surface area contributed by atoms with Crippen LogP contribution in [0.5, 0.6) is 0 Å². The minimum atomic E-state index is -1.16. The fraction of sp³-hybridized carbons (Fsp3) is 0.733. The first-order valence-electron chi connectivity index (χ1n) is 13.4. The highest BCUT2D eigenvalue weighted by Gasteiger charge is 2.76. The lowest BCUT2D eigenvalue weighted by Crippen LogP contribution is -2.57. The molecule has 0 spiro atoms. The normalized spacial score (nSPS) is 41.2. The van der Waals surface area contributed by atoms with Crippen LogP contribution >= 0.6 is 0 Å². The van der Waals surface area contributed by atoms with Crippen LogP contribution in [0.15, 0.2) is 34.7 Å². The van der Waals surface area contributed by atoms with Crippen molar-refractivity contribution in [3.63, 3.8) is 0 Å². The summed E-state index contributed by atoms with van der Waals surface area (Å²) in [4.78, 5) is 26.5. The van der Waals surface area contributed by atoms with E-state index in [1.54, 1.807) is 6.26 Å². The number of esters is 2. The third kappa shape index (κ3) is 3.18. The van der Waals surface area contributed by atoms with Crippen molar-refractivity contribution in [3.8, 4) is 0 Å². The fourth-order valence-corrected chi connectivity index (χ4v) is 8.46. The van der Waals surface area contributed by atoms with Crippen LogP contribution in [0.1, 0.15) is 92.6 Å². The molecule has 0 N–H and O–H groups in total. The molecular weight excluding hydrogens is 440 g/mol. The first-order valence-corrected chi connectivity index (χ1v) is 13.4. The smallest absolute Gasteiger partial charge is 0.351 e. The number of hydrogen-bond acceptors (Lipinski definition) is 5. The molecule has 3 aliphatic carbocycles. The number of allylic oxidation sites excluding steroid dienone is 2. The minimum absolute atomic E-state index is 0.151. The summed E-state index contributed by atoms with van der Waals surface area (Å²) >= 11 is 0. The van der Waals surface area contributed by atoms with Gasteiger partial charge in [0.15, 0.2) is 0 Å². The van der Waals surface area contributed by atoms with Gasteiger partial charge in [-0.1, -0.05) is 46.3 Å². The van der Waals surface area contributed by atoms with Gasteiger partial charge in [-0.2, -0.15) is 0 Å². The number of aryl methyl sites for hydroxylation is 1. The molecule has 1 saturated heterocycles. The lowest BCUT2D eigenvalue weighted by molar-refractivity contribution is -0.202. The van der Waals surface area contributed by atoms with Crippen molar-refractivity contribution >= 4 is 11.9 Å². The van der Waals surface area contributed by atoms with E-state index in [9.17, 15) is 9.59 Å². The van der Waals surface area contributed by atoms with Gasteiger partial charge in [-0.3, -0.25) is 4.79 Å². The number of hydrogen-bond donors (Lipinski definition) is 0. The molecule has 0 unspecified atom stereocenters. The van der Waals surface area contributed by atoms with Crippen LogP contribution in [0.3, 0.4) is 0 Å². The Morgan fingerprint density at radius 1 is 1.11 bits per heavy atom. The van der Waals surface area contributed by atoms with Crippen LogP contribution in [-0.4, -0.2) is 23.6 Å². The fourth-order valence-electron chi connectivity index (χ4n) is 8.46. The summed E-state index contributed by atoms with van der Waals surface area (Å²) in [5, 5.41) is 0. The Bertz CT molecular complexity index is 1050. The molecule has 6 atom stereocenters. The monoisotopic (exact) mass is 482 g/mol. The van der Waals surface area contributed by atoms with Crippen molar-refractivity contribution in [2.75, 3.05) is 0 Å². The molecule has 5 heteroatoms. The van der Waals surface area contributed by atoms with E-state index in [-0.39, 0.29) is 28.9 Å². The summed E-state index contributed by atoms with van der Waals surface area (Å²) in [6.45, 7) is 15.2. The molecule has 0 amide bonds. The standard InChI is InChI=1S/C30H42O5/c1-19-8-11-22-26(2,3)23(12-14-28(22,6)21(19)10-9-20-13-17-33-18-20)34-25(32)30-16-15-29(7,24(31)35-30)27(30,4)5/h8,13,17-18,21-23H,9-12,14-16H2,1-7H3/t21-,22-,23-,28+,29+,30-/m1/s1. The summed E-state index contributed by atoms with van der Waals surface area (Å²) in [5.41, 5.74) is 0.345. The van der Waals surface area contributed by atoms with E-state index >= 15 is 0 Å². The van der Waals surface area contributed by atoms with E-state index in [2.05, 4.69) is 39.8 Å².